The smallest absolute Gasteiger partial charge is 0.225 e. The molecule has 0 aliphatic heterocycles. The maximum atomic E-state index is 10.2. The Morgan fingerprint density at radius 3 is 2.71 bits per heavy atom. The van der Waals surface area contributed by atoms with E-state index in [1.54, 1.807) is 31.4 Å². The van der Waals surface area contributed by atoms with Crippen LogP contribution in [0.2, 0.25) is 0 Å². The van der Waals surface area contributed by atoms with Crippen molar-refractivity contribution in [1.29, 1.82) is 5.41 Å². The van der Waals surface area contributed by atoms with Crippen molar-refractivity contribution in [3.63, 3.8) is 0 Å². The molecule has 1 saturated carbocycles. The number of rotatable bonds is 9. The molecule has 160 valence electrons. The monoisotopic (exact) mass is 419 g/mol. The van der Waals surface area contributed by atoms with Gasteiger partial charge in [0, 0.05) is 35.5 Å². The second-order valence-corrected chi connectivity index (χ2v) is 7.46. The van der Waals surface area contributed by atoms with Gasteiger partial charge >= 0.3 is 0 Å². The topological polar surface area (TPSA) is 132 Å². The zero-order chi connectivity index (χ0) is 21.8. The fourth-order valence-corrected chi connectivity index (χ4v) is 3.09. The van der Waals surface area contributed by atoms with Crippen molar-refractivity contribution in [3.8, 4) is 5.75 Å². The van der Waals surface area contributed by atoms with Gasteiger partial charge in [0.15, 0.2) is 5.82 Å². The SMILES string of the molecule is COc1ccc(C(=N)/C=C(\O)CNc2nc(C)cc(Nc3cc(C4CC4)[nH]n3)n2)cc1. The summed E-state index contributed by atoms with van der Waals surface area (Å²) in [5.74, 6) is 3.00. The number of aromatic amines is 1. The van der Waals surface area contributed by atoms with Crippen LogP contribution in [0.25, 0.3) is 0 Å². The van der Waals surface area contributed by atoms with Crippen molar-refractivity contribution in [2.24, 2.45) is 0 Å². The van der Waals surface area contributed by atoms with E-state index in [0.29, 0.717) is 34.8 Å². The Balaban J connectivity index is 1.37. The van der Waals surface area contributed by atoms with Crippen LogP contribution in [0.4, 0.5) is 17.6 Å². The number of aromatic nitrogens is 4. The van der Waals surface area contributed by atoms with Gasteiger partial charge < -0.3 is 25.9 Å². The highest BCUT2D eigenvalue weighted by Gasteiger charge is 2.25. The zero-order valence-electron chi connectivity index (χ0n) is 17.4. The first kappa shape index (κ1) is 20.4. The van der Waals surface area contributed by atoms with Gasteiger partial charge in [-0.2, -0.15) is 10.1 Å². The third kappa shape index (κ3) is 5.39. The minimum atomic E-state index is 0.00168. The standard InChI is InChI=1S/C22H25N7O2/c1-13-9-20(26-21-11-19(28-29-21)15-3-4-15)27-22(25-13)24-12-16(30)10-18(23)14-5-7-17(31-2)8-6-14/h5-11,15,23,30H,3-4,12H2,1-2H3,(H3,24,25,26,27,28,29)/b16-10-,23-18?. The van der Waals surface area contributed by atoms with E-state index < -0.39 is 0 Å². The summed E-state index contributed by atoms with van der Waals surface area (Å²) in [6.45, 7) is 1.96. The van der Waals surface area contributed by atoms with Crippen LogP contribution >= 0.6 is 0 Å². The molecular formula is C22H25N7O2. The number of aliphatic hydroxyl groups excluding tert-OH is 1. The lowest BCUT2D eigenvalue weighted by molar-refractivity contribution is 0.408. The molecule has 31 heavy (non-hydrogen) atoms. The minimum Gasteiger partial charge on any atom is -0.510 e. The Hall–Kier alpha value is -3.88. The van der Waals surface area contributed by atoms with E-state index in [0.717, 1.165) is 11.4 Å². The molecule has 1 aliphatic rings. The van der Waals surface area contributed by atoms with Crippen LogP contribution in [-0.2, 0) is 0 Å². The van der Waals surface area contributed by atoms with Crippen molar-refractivity contribution < 1.29 is 9.84 Å². The van der Waals surface area contributed by atoms with Crippen LogP contribution in [0.15, 0.2) is 48.2 Å². The largest absolute Gasteiger partial charge is 0.510 e. The van der Waals surface area contributed by atoms with E-state index in [-0.39, 0.29) is 18.0 Å². The summed E-state index contributed by atoms with van der Waals surface area (Å²) in [6, 6.07) is 10.9. The van der Waals surface area contributed by atoms with Gasteiger partial charge in [0.2, 0.25) is 5.95 Å². The normalized spacial score (nSPS) is 13.7. The predicted octanol–water partition coefficient (Wildman–Crippen LogP) is 4.06. The predicted molar refractivity (Wildman–Crippen MR) is 120 cm³/mol. The summed E-state index contributed by atoms with van der Waals surface area (Å²) in [4.78, 5) is 8.78. The van der Waals surface area contributed by atoms with Crippen LogP contribution in [0.1, 0.15) is 35.7 Å². The molecule has 0 spiro atoms. The molecule has 5 N–H and O–H groups in total. The van der Waals surface area contributed by atoms with E-state index in [9.17, 15) is 5.11 Å². The molecular weight excluding hydrogens is 394 g/mol. The van der Waals surface area contributed by atoms with Gasteiger partial charge in [-0.1, -0.05) is 0 Å². The highest BCUT2D eigenvalue weighted by atomic mass is 16.5. The molecule has 1 fully saturated rings. The van der Waals surface area contributed by atoms with E-state index in [2.05, 4.69) is 30.8 Å². The third-order valence-corrected chi connectivity index (χ3v) is 4.86. The number of nitrogens with one attached hydrogen (secondary N) is 4. The molecule has 0 saturated heterocycles. The van der Waals surface area contributed by atoms with Crippen molar-refractivity contribution in [1.82, 2.24) is 20.2 Å². The molecule has 0 bridgehead atoms. The first-order valence-corrected chi connectivity index (χ1v) is 10.0. The first-order valence-electron chi connectivity index (χ1n) is 10.0. The second-order valence-electron chi connectivity index (χ2n) is 7.46. The van der Waals surface area contributed by atoms with E-state index >= 15 is 0 Å². The fraction of sp³-hybridized carbons (Fsp3) is 0.273. The van der Waals surface area contributed by atoms with Gasteiger partial charge in [0.1, 0.15) is 17.3 Å². The van der Waals surface area contributed by atoms with Crippen molar-refractivity contribution in [3.05, 3.63) is 65.2 Å². The summed E-state index contributed by atoms with van der Waals surface area (Å²) >= 11 is 0. The highest BCUT2D eigenvalue weighted by molar-refractivity contribution is 6.06. The van der Waals surface area contributed by atoms with Crippen LogP contribution in [0, 0.1) is 12.3 Å². The van der Waals surface area contributed by atoms with Gasteiger partial charge in [-0.15, -0.1) is 0 Å². The number of allylic oxidation sites excluding steroid dienone is 1. The number of aryl methyl sites for hydroxylation is 1. The molecule has 9 nitrogen and oxygen atoms in total. The van der Waals surface area contributed by atoms with Crippen LogP contribution in [0.5, 0.6) is 5.75 Å². The lowest BCUT2D eigenvalue weighted by Crippen LogP contribution is -2.10. The van der Waals surface area contributed by atoms with E-state index in [4.69, 9.17) is 10.1 Å². The quantitative estimate of drug-likeness (QED) is 0.261. The Labute approximate surface area is 180 Å². The molecule has 2 aromatic heterocycles. The molecule has 0 unspecified atom stereocenters. The first-order chi connectivity index (χ1) is 15.0. The summed E-state index contributed by atoms with van der Waals surface area (Å²) in [5, 5.41) is 31.9. The molecule has 0 amide bonds. The summed E-state index contributed by atoms with van der Waals surface area (Å²) < 4.78 is 5.12. The van der Waals surface area contributed by atoms with Crippen LogP contribution in [0.3, 0.4) is 0 Å². The molecule has 4 rings (SSSR count). The Kier molecular flexibility index (Phi) is 5.83. The highest BCUT2D eigenvalue weighted by Crippen LogP contribution is 2.39. The van der Waals surface area contributed by atoms with Crippen LogP contribution < -0.4 is 15.4 Å². The Morgan fingerprint density at radius 2 is 2.00 bits per heavy atom. The van der Waals surface area contributed by atoms with E-state index in [1.807, 2.05) is 19.1 Å². The van der Waals surface area contributed by atoms with Gasteiger partial charge in [0.25, 0.3) is 0 Å². The number of nitrogens with zero attached hydrogens (tertiary/aromatic N) is 3. The van der Waals surface area contributed by atoms with E-state index in [1.165, 1.54) is 18.9 Å². The zero-order valence-corrected chi connectivity index (χ0v) is 17.4. The fourth-order valence-electron chi connectivity index (χ4n) is 3.09. The number of hydrogen-bond acceptors (Lipinski definition) is 8. The molecule has 0 atom stereocenters. The van der Waals surface area contributed by atoms with Crippen molar-refractivity contribution >= 4 is 23.3 Å². The number of anilines is 3. The van der Waals surface area contributed by atoms with Gasteiger partial charge in [-0.25, -0.2) is 4.98 Å². The van der Waals surface area contributed by atoms with Gasteiger partial charge in [-0.05, 0) is 49.6 Å². The molecule has 2 heterocycles. The summed E-state index contributed by atoms with van der Waals surface area (Å²) in [6.07, 6.45) is 3.80. The Morgan fingerprint density at radius 1 is 1.23 bits per heavy atom. The second kappa shape index (κ2) is 8.86. The Bertz CT molecular complexity index is 1100. The van der Waals surface area contributed by atoms with Gasteiger partial charge in [0.05, 0.1) is 19.4 Å². The third-order valence-electron chi connectivity index (χ3n) is 4.86. The average molecular weight is 419 g/mol. The maximum absolute atomic E-state index is 10.2. The number of methoxy groups -OCH3 is 1. The molecule has 9 heteroatoms. The molecule has 1 aliphatic carbocycles. The van der Waals surface area contributed by atoms with Crippen molar-refractivity contribution in [2.75, 3.05) is 24.3 Å². The minimum absolute atomic E-state index is 0.00168. The number of hydrogen-bond donors (Lipinski definition) is 5. The lowest BCUT2D eigenvalue weighted by atomic mass is 10.1. The number of benzene rings is 1. The molecule has 0 radical (unpaired) electrons. The maximum Gasteiger partial charge on any atom is 0.225 e. The molecule has 1 aromatic carbocycles. The summed E-state index contributed by atoms with van der Waals surface area (Å²) in [7, 11) is 1.59. The van der Waals surface area contributed by atoms with Crippen molar-refractivity contribution in [2.45, 2.75) is 25.7 Å². The molecule has 3 aromatic rings. The summed E-state index contributed by atoms with van der Waals surface area (Å²) in [5.41, 5.74) is 2.78. The number of ether oxygens (including phenoxy) is 1. The number of H-pyrrole nitrogens is 1. The lowest BCUT2D eigenvalue weighted by Gasteiger charge is -2.09. The number of aliphatic hydroxyl groups is 1. The van der Waals surface area contributed by atoms with Gasteiger partial charge in [-0.3, -0.25) is 5.10 Å². The average Bonchev–Trinajstić information content (AvgIpc) is 3.51. The van der Waals surface area contributed by atoms with Crippen LogP contribution in [-0.4, -0.2) is 44.6 Å².